The highest BCUT2D eigenvalue weighted by Crippen LogP contribution is 2.19. The molecule has 1 unspecified atom stereocenters. The minimum atomic E-state index is -0.449. The van der Waals surface area contributed by atoms with Crippen LogP contribution >= 0.6 is 0 Å². The second kappa shape index (κ2) is 6.24. The Bertz CT molecular complexity index is 912. The van der Waals surface area contributed by atoms with Gasteiger partial charge in [0.15, 0.2) is 0 Å². The van der Waals surface area contributed by atoms with Crippen molar-refractivity contribution in [2.75, 3.05) is 13.1 Å². The van der Waals surface area contributed by atoms with Crippen LogP contribution in [0.3, 0.4) is 0 Å². The zero-order valence-electron chi connectivity index (χ0n) is 15.0. The molecular formula is C18H24N6O. The number of hydrogen-bond donors (Lipinski definition) is 1. The van der Waals surface area contributed by atoms with E-state index in [0.29, 0.717) is 13.1 Å². The molecule has 0 saturated heterocycles. The third-order valence-corrected chi connectivity index (χ3v) is 5.13. The molecule has 132 valence electrons. The molecule has 1 aliphatic rings. The van der Waals surface area contributed by atoms with E-state index in [9.17, 15) is 5.11 Å². The van der Waals surface area contributed by atoms with Crippen LogP contribution < -0.4 is 0 Å². The number of hydrogen-bond acceptors (Lipinski definition) is 5. The Morgan fingerprint density at radius 1 is 1.08 bits per heavy atom. The lowest BCUT2D eigenvalue weighted by Gasteiger charge is -2.29. The maximum atomic E-state index is 10.6. The topological polar surface area (TPSA) is 72.0 Å². The second-order valence-corrected chi connectivity index (χ2v) is 7.03. The summed E-state index contributed by atoms with van der Waals surface area (Å²) in [6.07, 6.45) is 1.37. The largest absolute Gasteiger partial charge is 0.390 e. The van der Waals surface area contributed by atoms with Gasteiger partial charge in [-0.05, 0) is 44.0 Å². The minimum Gasteiger partial charge on any atom is -0.390 e. The molecule has 0 bridgehead atoms. The smallest absolute Gasteiger partial charge is 0.147 e. The van der Waals surface area contributed by atoms with Crippen molar-refractivity contribution in [3.8, 4) is 0 Å². The van der Waals surface area contributed by atoms with Crippen molar-refractivity contribution in [1.82, 2.24) is 29.2 Å². The number of aliphatic hydroxyl groups is 1. The molecule has 2 aromatic heterocycles. The van der Waals surface area contributed by atoms with Gasteiger partial charge in [0.1, 0.15) is 11.6 Å². The highest BCUT2D eigenvalue weighted by Gasteiger charge is 2.21. The minimum absolute atomic E-state index is 0.449. The van der Waals surface area contributed by atoms with Gasteiger partial charge in [-0.25, -0.2) is 4.98 Å². The molecule has 0 radical (unpaired) electrons. The Morgan fingerprint density at radius 3 is 2.72 bits per heavy atom. The summed E-state index contributed by atoms with van der Waals surface area (Å²) in [6, 6.07) is 4.25. The fourth-order valence-corrected chi connectivity index (χ4v) is 3.55. The van der Waals surface area contributed by atoms with Crippen molar-refractivity contribution >= 4 is 11.0 Å². The van der Waals surface area contributed by atoms with Gasteiger partial charge in [-0.1, -0.05) is 0 Å². The molecule has 7 heteroatoms. The predicted molar refractivity (Wildman–Crippen MR) is 95.2 cm³/mol. The van der Waals surface area contributed by atoms with Crippen LogP contribution in [0.4, 0.5) is 0 Å². The number of fused-ring (bicyclic) bond motifs is 2. The van der Waals surface area contributed by atoms with Crippen molar-refractivity contribution in [2.45, 2.75) is 46.5 Å². The van der Waals surface area contributed by atoms with E-state index in [-0.39, 0.29) is 0 Å². The first-order valence-corrected chi connectivity index (χ1v) is 8.72. The van der Waals surface area contributed by atoms with Gasteiger partial charge in [-0.2, -0.15) is 0 Å². The second-order valence-electron chi connectivity index (χ2n) is 7.03. The van der Waals surface area contributed by atoms with Crippen molar-refractivity contribution < 1.29 is 5.11 Å². The Hall–Kier alpha value is -2.25. The molecule has 1 N–H and O–H groups in total. The molecule has 0 spiro atoms. The molecule has 1 aromatic carbocycles. The van der Waals surface area contributed by atoms with E-state index in [0.717, 1.165) is 42.3 Å². The third-order valence-electron chi connectivity index (χ3n) is 5.13. The lowest BCUT2D eigenvalue weighted by molar-refractivity contribution is 0.0843. The summed E-state index contributed by atoms with van der Waals surface area (Å²) in [5.74, 6) is 1.95. The van der Waals surface area contributed by atoms with E-state index in [4.69, 9.17) is 0 Å². The summed E-state index contributed by atoms with van der Waals surface area (Å²) >= 11 is 0. The van der Waals surface area contributed by atoms with E-state index in [2.05, 4.69) is 50.6 Å². The summed E-state index contributed by atoms with van der Waals surface area (Å²) < 4.78 is 4.19. The average molecular weight is 340 g/mol. The normalized spacial score (nSPS) is 16.3. The first-order valence-electron chi connectivity index (χ1n) is 8.72. The highest BCUT2D eigenvalue weighted by molar-refractivity contribution is 5.77. The lowest BCUT2D eigenvalue weighted by atomic mass is 10.1. The summed E-state index contributed by atoms with van der Waals surface area (Å²) in [4.78, 5) is 6.71. The summed E-state index contributed by atoms with van der Waals surface area (Å²) in [6.45, 7) is 9.88. The quantitative estimate of drug-likeness (QED) is 0.778. The fourth-order valence-electron chi connectivity index (χ4n) is 3.55. The average Bonchev–Trinajstić information content (AvgIpc) is 3.12. The molecule has 4 rings (SSSR count). The number of aromatic nitrogens is 5. The molecule has 0 aliphatic carbocycles. The van der Waals surface area contributed by atoms with Crippen molar-refractivity contribution in [2.24, 2.45) is 0 Å². The zero-order valence-corrected chi connectivity index (χ0v) is 15.0. The molecule has 25 heavy (non-hydrogen) atoms. The van der Waals surface area contributed by atoms with Gasteiger partial charge in [0.25, 0.3) is 0 Å². The van der Waals surface area contributed by atoms with Crippen LogP contribution in [0.1, 0.15) is 22.8 Å². The Morgan fingerprint density at radius 2 is 1.88 bits per heavy atom. The molecule has 0 amide bonds. The predicted octanol–water partition coefficient (Wildman–Crippen LogP) is 1.43. The first-order chi connectivity index (χ1) is 12.0. The Balaban J connectivity index is 1.44. The maximum Gasteiger partial charge on any atom is 0.147 e. The fraction of sp³-hybridized carbons (Fsp3) is 0.500. The van der Waals surface area contributed by atoms with Crippen molar-refractivity contribution in [3.63, 3.8) is 0 Å². The SMILES string of the molecule is Cc1cc2ncn(CC(O)CN3CCn4c(C)nnc4C3)c2cc1C. The molecule has 0 saturated carbocycles. The van der Waals surface area contributed by atoms with Crippen LogP contribution in [0.5, 0.6) is 0 Å². The van der Waals surface area contributed by atoms with Gasteiger partial charge >= 0.3 is 0 Å². The molecule has 7 nitrogen and oxygen atoms in total. The van der Waals surface area contributed by atoms with Crippen LogP contribution in [-0.2, 0) is 19.6 Å². The van der Waals surface area contributed by atoms with Crippen molar-refractivity contribution in [3.05, 3.63) is 41.2 Å². The molecule has 1 aliphatic heterocycles. The maximum absolute atomic E-state index is 10.6. The van der Waals surface area contributed by atoms with Gasteiger partial charge in [0, 0.05) is 19.6 Å². The van der Waals surface area contributed by atoms with Crippen LogP contribution in [0, 0.1) is 20.8 Å². The van der Waals surface area contributed by atoms with Gasteiger partial charge in [-0.3, -0.25) is 4.90 Å². The Kier molecular flexibility index (Phi) is 4.05. The van der Waals surface area contributed by atoms with Gasteiger partial charge in [0.05, 0.1) is 36.6 Å². The van der Waals surface area contributed by atoms with Crippen LogP contribution in [0.2, 0.25) is 0 Å². The first kappa shape index (κ1) is 16.2. The van der Waals surface area contributed by atoms with E-state index < -0.39 is 6.10 Å². The van der Waals surface area contributed by atoms with Gasteiger partial charge in [-0.15, -0.1) is 10.2 Å². The zero-order chi connectivity index (χ0) is 17.6. The number of β-amino-alcohol motifs (C(OH)–C–C–N with tert-alkyl or cyclic N) is 1. The molecule has 3 aromatic rings. The number of imidazole rings is 1. The van der Waals surface area contributed by atoms with Crippen LogP contribution in [-0.4, -0.2) is 53.5 Å². The van der Waals surface area contributed by atoms with Gasteiger partial charge in [0.2, 0.25) is 0 Å². The summed E-state index contributed by atoms with van der Waals surface area (Å²) in [5.41, 5.74) is 4.55. The molecular weight excluding hydrogens is 316 g/mol. The van der Waals surface area contributed by atoms with E-state index >= 15 is 0 Å². The molecule has 1 atom stereocenters. The number of aryl methyl sites for hydroxylation is 3. The van der Waals surface area contributed by atoms with Gasteiger partial charge < -0.3 is 14.2 Å². The monoisotopic (exact) mass is 340 g/mol. The molecule has 3 heterocycles. The standard InChI is InChI=1S/C18H24N6O/c1-12-6-16-17(7-13(12)2)23(11-19-16)9-15(25)8-22-4-5-24-14(3)20-21-18(24)10-22/h6-7,11,15,25H,4-5,8-10H2,1-3H3. The molecule has 0 fully saturated rings. The van der Waals surface area contributed by atoms with Crippen molar-refractivity contribution in [1.29, 1.82) is 0 Å². The lowest BCUT2D eigenvalue weighted by Crippen LogP contribution is -2.40. The number of nitrogens with zero attached hydrogens (tertiary/aromatic N) is 6. The number of aliphatic hydroxyl groups excluding tert-OH is 1. The third kappa shape index (κ3) is 3.05. The summed E-state index contributed by atoms with van der Waals surface area (Å²) in [7, 11) is 0. The van der Waals surface area contributed by atoms with E-state index in [1.54, 1.807) is 0 Å². The van der Waals surface area contributed by atoms with Crippen LogP contribution in [0.25, 0.3) is 11.0 Å². The summed E-state index contributed by atoms with van der Waals surface area (Å²) in [5, 5.41) is 18.9. The van der Waals surface area contributed by atoms with E-state index in [1.165, 1.54) is 11.1 Å². The Labute approximate surface area is 146 Å². The highest BCUT2D eigenvalue weighted by atomic mass is 16.3. The van der Waals surface area contributed by atoms with E-state index in [1.807, 2.05) is 17.8 Å². The van der Waals surface area contributed by atoms with Crippen LogP contribution in [0.15, 0.2) is 18.5 Å². The number of rotatable bonds is 4. The number of benzene rings is 1.